The van der Waals surface area contributed by atoms with E-state index in [0.29, 0.717) is 22.7 Å². The van der Waals surface area contributed by atoms with Gasteiger partial charge in [-0.25, -0.2) is 0 Å². The third kappa shape index (κ3) is 4.02. The number of carbonyl (C=O) groups excluding carboxylic acids is 1. The van der Waals surface area contributed by atoms with E-state index in [0.717, 1.165) is 31.5 Å². The molecule has 1 aliphatic carbocycles. The maximum Gasteiger partial charge on any atom is 0.169 e. The molecule has 1 heterocycles. The number of Topliss-reactive ketones (excluding diaryl/α,β-unsaturated/α-hetero) is 1. The molecule has 2 aromatic rings. The predicted octanol–water partition coefficient (Wildman–Crippen LogP) is 7.46. The van der Waals surface area contributed by atoms with Gasteiger partial charge in [-0.2, -0.15) is 0 Å². The Labute approximate surface area is 197 Å². The van der Waals surface area contributed by atoms with E-state index in [1.165, 1.54) is 34.9 Å². The molecule has 4 heteroatoms. The molecule has 0 N–H and O–H groups in total. The summed E-state index contributed by atoms with van der Waals surface area (Å²) in [6.07, 6.45) is 7.00. The number of hydrogen-bond acceptors (Lipinski definition) is 2. The van der Waals surface area contributed by atoms with Crippen LogP contribution in [0.3, 0.4) is 0 Å². The molecule has 0 saturated heterocycles. The lowest BCUT2D eigenvalue weighted by atomic mass is 9.84. The summed E-state index contributed by atoms with van der Waals surface area (Å²) in [6, 6.07) is 4.90. The molecule has 178 valence electrons. The third-order valence-corrected chi connectivity index (χ3v) is 14.9. The predicted molar refractivity (Wildman–Crippen MR) is 142 cm³/mol. The number of hydrogen-bond donors (Lipinski definition) is 0. The topological polar surface area (TPSA) is 25.2 Å². The van der Waals surface area contributed by atoms with Crippen molar-refractivity contribution >= 4 is 24.9 Å². The summed E-state index contributed by atoms with van der Waals surface area (Å²) in [6.45, 7) is 23.2. The molecule has 0 spiro atoms. The van der Waals surface area contributed by atoms with E-state index in [-0.39, 0.29) is 5.78 Å². The van der Waals surface area contributed by atoms with E-state index in [4.69, 9.17) is 0 Å². The van der Waals surface area contributed by atoms with Gasteiger partial charge in [0.1, 0.15) is 0 Å². The zero-order valence-electron chi connectivity index (χ0n) is 22.1. The molecule has 1 aliphatic rings. The van der Waals surface area contributed by atoms with Crippen molar-refractivity contribution in [3.8, 4) is 0 Å². The van der Waals surface area contributed by atoms with Crippen molar-refractivity contribution in [2.45, 2.75) is 111 Å². The summed E-state index contributed by atoms with van der Waals surface area (Å²) in [5.41, 5.74) is 7.07. The highest BCUT2D eigenvalue weighted by molar-refractivity contribution is 6.82. The van der Waals surface area contributed by atoms with Crippen LogP contribution in [0.4, 0.5) is 0 Å². The minimum atomic E-state index is -1.86. The minimum absolute atomic E-state index is 0.207. The fraction of sp³-hybridized carbons (Fsp3) is 0.679. The highest BCUT2D eigenvalue weighted by Crippen LogP contribution is 2.46. The van der Waals surface area contributed by atoms with Gasteiger partial charge >= 0.3 is 0 Å². The quantitative estimate of drug-likeness (QED) is 0.275. The molecule has 3 nitrogen and oxygen atoms in total. The second-order valence-corrected chi connectivity index (χ2v) is 16.7. The Morgan fingerprint density at radius 1 is 1.00 bits per heavy atom. The summed E-state index contributed by atoms with van der Waals surface area (Å²) in [4.78, 5) is 15.3. The fourth-order valence-corrected chi connectivity index (χ4v) is 13.9. The van der Waals surface area contributed by atoms with Crippen LogP contribution in [0.25, 0.3) is 10.9 Å². The maximum absolute atomic E-state index is 12.6. The molecule has 0 aliphatic heterocycles. The van der Waals surface area contributed by atoms with Gasteiger partial charge < -0.3 is 4.23 Å². The van der Waals surface area contributed by atoms with Crippen molar-refractivity contribution in [1.82, 2.24) is 9.13 Å². The van der Waals surface area contributed by atoms with Crippen molar-refractivity contribution in [2.24, 2.45) is 0 Å². The number of benzene rings is 1. The largest absolute Gasteiger partial charge is 0.373 e. The molecule has 32 heavy (non-hydrogen) atoms. The van der Waals surface area contributed by atoms with Crippen LogP contribution >= 0.6 is 0 Å². The van der Waals surface area contributed by atoms with Gasteiger partial charge in [-0.05, 0) is 91.8 Å². The molecule has 1 unspecified atom stereocenters. The Balaban J connectivity index is 2.28. The highest BCUT2D eigenvalue weighted by Gasteiger charge is 2.46. The molecule has 1 atom stereocenters. The lowest BCUT2D eigenvalue weighted by Crippen LogP contribution is -2.51. The van der Waals surface area contributed by atoms with Gasteiger partial charge in [0, 0.05) is 22.5 Å². The first kappa shape index (κ1) is 25.2. The average Bonchev–Trinajstić information content (AvgIpc) is 3.07. The third-order valence-electron chi connectivity index (χ3n) is 8.16. The van der Waals surface area contributed by atoms with Gasteiger partial charge in [0.2, 0.25) is 0 Å². The van der Waals surface area contributed by atoms with Gasteiger partial charge in [-0.15, -0.1) is 0 Å². The van der Waals surface area contributed by atoms with Gasteiger partial charge in [0.25, 0.3) is 0 Å². The Kier molecular flexibility index (Phi) is 7.76. The maximum atomic E-state index is 12.6. The molecule has 1 aromatic heterocycles. The standard InChI is InChI=1S/C28H46N2OSi/c1-10-14-29(15-11-2)24-16-23-18-30(32(19(3)4,20(5)6)21(7)8)27-13-12-25(22(9)31)26(17-24)28(23)27/h12-13,18-21,24H,10-11,14-17H2,1-9H3. The van der Waals surface area contributed by atoms with Crippen LogP contribution in [0, 0.1) is 0 Å². The normalized spacial score (nSPS) is 16.8. The summed E-state index contributed by atoms with van der Waals surface area (Å²) in [5, 5.41) is 1.40. The first-order valence-electron chi connectivity index (χ1n) is 13.0. The van der Waals surface area contributed by atoms with Crippen LogP contribution in [0.1, 0.15) is 96.6 Å². The lowest BCUT2D eigenvalue weighted by molar-refractivity contribution is 0.101. The Hall–Kier alpha value is -1.39. The smallest absolute Gasteiger partial charge is 0.169 e. The Morgan fingerprint density at radius 3 is 2.03 bits per heavy atom. The van der Waals surface area contributed by atoms with Crippen molar-refractivity contribution in [3.05, 3.63) is 35.0 Å². The first-order chi connectivity index (χ1) is 15.1. The summed E-state index contributed by atoms with van der Waals surface area (Å²) >= 11 is 0. The highest BCUT2D eigenvalue weighted by atomic mass is 28.3. The first-order valence-corrected chi connectivity index (χ1v) is 15.2. The van der Waals surface area contributed by atoms with E-state index in [2.05, 4.69) is 82.9 Å². The van der Waals surface area contributed by atoms with Crippen LogP contribution < -0.4 is 0 Å². The van der Waals surface area contributed by atoms with E-state index in [1.807, 2.05) is 0 Å². The molecule has 0 saturated carbocycles. The Bertz CT molecular complexity index is 928. The number of carbonyl (C=O) groups is 1. The molecule has 1 aromatic carbocycles. The lowest BCUT2D eigenvalue weighted by Gasteiger charge is -2.44. The van der Waals surface area contributed by atoms with Crippen LogP contribution in [-0.2, 0) is 12.8 Å². The van der Waals surface area contributed by atoms with Crippen LogP contribution in [-0.4, -0.2) is 42.3 Å². The van der Waals surface area contributed by atoms with Crippen LogP contribution in [0.5, 0.6) is 0 Å². The van der Waals surface area contributed by atoms with Gasteiger partial charge in [-0.3, -0.25) is 9.69 Å². The number of aromatic nitrogens is 1. The summed E-state index contributed by atoms with van der Waals surface area (Å²) in [5.74, 6) is 0.207. The van der Waals surface area contributed by atoms with Crippen LogP contribution in [0.2, 0.25) is 16.6 Å². The summed E-state index contributed by atoms with van der Waals surface area (Å²) in [7, 11) is -1.86. The van der Waals surface area contributed by atoms with Gasteiger partial charge in [0.15, 0.2) is 14.0 Å². The second kappa shape index (κ2) is 9.85. The van der Waals surface area contributed by atoms with E-state index in [9.17, 15) is 4.79 Å². The van der Waals surface area contributed by atoms with Gasteiger partial charge in [0.05, 0.1) is 0 Å². The zero-order valence-corrected chi connectivity index (χ0v) is 23.1. The molecule has 0 bridgehead atoms. The minimum Gasteiger partial charge on any atom is -0.373 e. The van der Waals surface area contributed by atoms with Crippen LogP contribution in [0.15, 0.2) is 18.3 Å². The SMILES string of the molecule is CCCN(CCC)C1Cc2cn([Si](C(C)C)(C(C)C)C(C)C)c3ccc(C(C)=O)c(c23)C1. The second-order valence-electron chi connectivity index (χ2n) is 11.0. The van der Waals surface area contributed by atoms with Crippen molar-refractivity contribution in [1.29, 1.82) is 0 Å². The molecular weight excluding hydrogens is 408 g/mol. The van der Waals surface area contributed by atoms with E-state index in [1.54, 1.807) is 6.92 Å². The average molecular weight is 455 g/mol. The Morgan fingerprint density at radius 2 is 1.56 bits per heavy atom. The number of rotatable bonds is 10. The number of ketones is 1. The van der Waals surface area contributed by atoms with E-state index >= 15 is 0 Å². The zero-order chi connectivity index (χ0) is 23.8. The van der Waals surface area contributed by atoms with Gasteiger partial charge in [-0.1, -0.05) is 55.4 Å². The number of nitrogens with zero attached hydrogens (tertiary/aromatic N) is 2. The van der Waals surface area contributed by atoms with Crippen molar-refractivity contribution < 1.29 is 4.79 Å². The molecular formula is C28H46N2OSi. The van der Waals surface area contributed by atoms with Crippen molar-refractivity contribution in [3.63, 3.8) is 0 Å². The molecule has 3 rings (SSSR count). The van der Waals surface area contributed by atoms with E-state index < -0.39 is 8.24 Å². The molecule has 0 amide bonds. The fourth-order valence-electron chi connectivity index (χ4n) is 7.21. The molecule has 0 fully saturated rings. The monoisotopic (exact) mass is 454 g/mol. The van der Waals surface area contributed by atoms with Crippen molar-refractivity contribution in [2.75, 3.05) is 13.1 Å². The molecule has 0 radical (unpaired) electrons. The summed E-state index contributed by atoms with van der Waals surface area (Å²) < 4.78 is 2.76.